The van der Waals surface area contributed by atoms with Crippen molar-refractivity contribution in [1.29, 1.82) is 0 Å². The summed E-state index contributed by atoms with van der Waals surface area (Å²) in [5.74, 6) is -0.153. The Kier molecular flexibility index (Phi) is 6.73. The summed E-state index contributed by atoms with van der Waals surface area (Å²) in [4.78, 5) is 26.0. The van der Waals surface area contributed by atoms with E-state index in [0.717, 1.165) is 29.1 Å². The molecule has 2 amide bonds. The Labute approximate surface area is 169 Å². The zero-order valence-electron chi connectivity index (χ0n) is 16.1. The highest BCUT2D eigenvalue weighted by Crippen LogP contribution is 2.34. The van der Waals surface area contributed by atoms with Crippen molar-refractivity contribution in [2.45, 2.75) is 55.4 Å². The van der Waals surface area contributed by atoms with Crippen molar-refractivity contribution in [3.05, 3.63) is 53.8 Å². The van der Waals surface area contributed by atoms with Gasteiger partial charge >= 0.3 is 0 Å². The maximum Gasteiger partial charge on any atom is 0.251 e. The first-order chi connectivity index (χ1) is 13.4. The van der Waals surface area contributed by atoms with Crippen molar-refractivity contribution in [3.63, 3.8) is 0 Å². The highest BCUT2D eigenvalue weighted by molar-refractivity contribution is 7.99. The second kappa shape index (κ2) is 9.24. The third kappa shape index (κ3) is 5.35. The predicted molar refractivity (Wildman–Crippen MR) is 110 cm³/mol. The third-order valence-corrected chi connectivity index (χ3v) is 6.11. The van der Waals surface area contributed by atoms with Crippen LogP contribution in [0.4, 0.5) is 10.1 Å². The van der Waals surface area contributed by atoms with Gasteiger partial charge in [-0.2, -0.15) is 0 Å². The average molecular weight is 401 g/mol. The van der Waals surface area contributed by atoms with Gasteiger partial charge in [-0.15, -0.1) is 0 Å². The van der Waals surface area contributed by atoms with Crippen LogP contribution in [-0.4, -0.2) is 17.9 Å². The summed E-state index contributed by atoms with van der Waals surface area (Å²) >= 11 is 1.41. The largest absolute Gasteiger partial charge is 0.349 e. The molecule has 4 nitrogen and oxygen atoms in total. The van der Waals surface area contributed by atoms with Crippen LogP contribution in [0.3, 0.4) is 0 Å². The number of anilines is 1. The second-order valence-electron chi connectivity index (χ2n) is 7.29. The lowest BCUT2D eigenvalue weighted by Gasteiger charge is -2.29. The lowest BCUT2D eigenvalue weighted by atomic mass is 9.86. The van der Waals surface area contributed by atoms with E-state index in [2.05, 4.69) is 17.6 Å². The third-order valence-electron chi connectivity index (χ3n) is 5.02. The summed E-state index contributed by atoms with van der Waals surface area (Å²) in [6, 6.07) is 11.6. The zero-order chi connectivity index (χ0) is 20.1. The van der Waals surface area contributed by atoms with Crippen LogP contribution in [0.25, 0.3) is 0 Å². The fourth-order valence-electron chi connectivity index (χ4n) is 3.46. The SMILES string of the molecule is CC(=O)Nc1cc(C(=O)N[C@@H]2CCCC[C@H]2C)ccc1Sc1ccc(F)cc1. The number of nitrogens with one attached hydrogen (secondary N) is 2. The predicted octanol–water partition coefficient (Wildman–Crippen LogP) is 5.24. The van der Waals surface area contributed by atoms with Gasteiger partial charge in [0.05, 0.1) is 5.69 Å². The molecule has 1 saturated carbocycles. The van der Waals surface area contributed by atoms with Gasteiger partial charge in [0.1, 0.15) is 5.82 Å². The van der Waals surface area contributed by atoms with Gasteiger partial charge in [-0.3, -0.25) is 9.59 Å². The van der Waals surface area contributed by atoms with Crippen molar-refractivity contribution in [2.75, 3.05) is 5.32 Å². The topological polar surface area (TPSA) is 58.2 Å². The summed E-state index contributed by atoms with van der Waals surface area (Å²) in [6.45, 7) is 3.61. The molecule has 0 bridgehead atoms. The molecule has 1 fully saturated rings. The molecular formula is C22H25FN2O2S. The normalized spacial score (nSPS) is 19.1. The van der Waals surface area contributed by atoms with Crippen LogP contribution in [0, 0.1) is 11.7 Å². The molecule has 0 spiro atoms. The molecule has 2 atom stereocenters. The van der Waals surface area contributed by atoms with Gasteiger partial charge in [0.15, 0.2) is 0 Å². The van der Waals surface area contributed by atoms with Crippen molar-refractivity contribution < 1.29 is 14.0 Å². The molecule has 0 heterocycles. The number of hydrogen-bond donors (Lipinski definition) is 2. The number of benzene rings is 2. The van der Waals surface area contributed by atoms with E-state index < -0.39 is 0 Å². The van der Waals surface area contributed by atoms with E-state index >= 15 is 0 Å². The van der Waals surface area contributed by atoms with Crippen LogP contribution in [0.15, 0.2) is 52.3 Å². The molecule has 0 radical (unpaired) electrons. The molecule has 2 aromatic carbocycles. The van der Waals surface area contributed by atoms with Crippen LogP contribution < -0.4 is 10.6 Å². The highest BCUT2D eigenvalue weighted by atomic mass is 32.2. The van der Waals surface area contributed by atoms with Crippen LogP contribution >= 0.6 is 11.8 Å². The first-order valence-corrected chi connectivity index (χ1v) is 10.4. The van der Waals surface area contributed by atoms with Gasteiger partial charge in [0.25, 0.3) is 5.91 Å². The van der Waals surface area contributed by atoms with Crippen LogP contribution in [-0.2, 0) is 4.79 Å². The summed E-state index contributed by atoms with van der Waals surface area (Å²) in [6.07, 6.45) is 4.49. The first kappa shape index (κ1) is 20.4. The van der Waals surface area contributed by atoms with Gasteiger partial charge in [-0.1, -0.05) is 31.5 Å². The second-order valence-corrected chi connectivity index (χ2v) is 8.41. The number of carbonyl (C=O) groups excluding carboxylic acids is 2. The molecule has 1 aliphatic rings. The van der Waals surface area contributed by atoms with Gasteiger partial charge in [-0.25, -0.2) is 4.39 Å². The smallest absolute Gasteiger partial charge is 0.251 e. The Balaban J connectivity index is 1.79. The Morgan fingerprint density at radius 1 is 1.07 bits per heavy atom. The number of hydrogen-bond acceptors (Lipinski definition) is 3. The number of halogens is 1. The maximum atomic E-state index is 13.1. The Morgan fingerprint density at radius 3 is 2.46 bits per heavy atom. The van der Waals surface area contributed by atoms with E-state index in [0.29, 0.717) is 17.2 Å². The minimum absolute atomic E-state index is 0.122. The van der Waals surface area contributed by atoms with E-state index in [9.17, 15) is 14.0 Å². The molecule has 3 rings (SSSR count). The molecule has 148 valence electrons. The lowest BCUT2D eigenvalue weighted by Crippen LogP contribution is -2.41. The van der Waals surface area contributed by atoms with E-state index in [1.807, 2.05) is 6.07 Å². The van der Waals surface area contributed by atoms with Gasteiger partial charge in [0.2, 0.25) is 5.91 Å². The van der Waals surface area contributed by atoms with Crippen molar-refractivity contribution in [1.82, 2.24) is 5.32 Å². The molecular weight excluding hydrogens is 375 g/mol. The number of carbonyl (C=O) groups is 2. The van der Waals surface area contributed by atoms with E-state index in [1.165, 1.54) is 37.2 Å². The molecule has 1 aliphatic carbocycles. The van der Waals surface area contributed by atoms with Gasteiger partial charge < -0.3 is 10.6 Å². The zero-order valence-corrected chi connectivity index (χ0v) is 16.9. The van der Waals surface area contributed by atoms with E-state index in [1.54, 1.807) is 24.3 Å². The maximum absolute atomic E-state index is 13.1. The summed E-state index contributed by atoms with van der Waals surface area (Å²) in [5.41, 5.74) is 1.09. The Hall–Kier alpha value is -2.34. The minimum atomic E-state index is -0.296. The molecule has 2 N–H and O–H groups in total. The van der Waals surface area contributed by atoms with Crippen molar-refractivity contribution in [3.8, 4) is 0 Å². The molecule has 2 aromatic rings. The summed E-state index contributed by atoms with van der Waals surface area (Å²) in [5, 5.41) is 5.94. The molecule has 0 unspecified atom stereocenters. The molecule has 6 heteroatoms. The fraction of sp³-hybridized carbons (Fsp3) is 0.364. The average Bonchev–Trinajstić information content (AvgIpc) is 2.66. The first-order valence-electron chi connectivity index (χ1n) is 9.58. The fourth-order valence-corrected chi connectivity index (χ4v) is 4.34. The summed E-state index contributed by atoms with van der Waals surface area (Å²) in [7, 11) is 0. The number of rotatable bonds is 5. The summed E-state index contributed by atoms with van der Waals surface area (Å²) < 4.78 is 13.1. The Bertz CT molecular complexity index is 854. The van der Waals surface area contributed by atoms with Crippen molar-refractivity contribution in [2.24, 2.45) is 5.92 Å². The van der Waals surface area contributed by atoms with E-state index in [4.69, 9.17) is 0 Å². The lowest BCUT2D eigenvalue weighted by molar-refractivity contribution is -0.114. The van der Waals surface area contributed by atoms with E-state index in [-0.39, 0.29) is 23.7 Å². The van der Waals surface area contributed by atoms with Crippen molar-refractivity contribution >= 4 is 29.3 Å². The number of amides is 2. The van der Waals surface area contributed by atoms with Crippen LogP contribution in [0.1, 0.15) is 49.9 Å². The Morgan fingerprint density at radius 2 is 1.79 bits per heavy atom. The van der Waals surface area contributed by atoms with Gasteiger partial charge in [0, 0.05) is 28.3 Å². The van der Waals surface area contributed by atoms with Crippen LogP contribution in [0.5, 0.6) is 0 Å². The minimum Gasteiger partial charge on any atom is -0.349 e. The van der Waals surface area contributed by atoms with Gasteiger partial charge in [-0.05, 0) is 61.2 Å². The monoisotopic (exact) mass is 400 g/mol. The molecule has 28 heavy (non-hydrogen) atoms. The molecule has 0 aromatic heterocycles. The quantitative estimate of drug-likeness (QED) is 0.721. The molecule has 0 saturated heterocycles. The standard InChI is InChI=1S/C22H25FN2O2S/c1-14-5-3-4-6-19(14)25-22(27)16-7-12-21(20(13-16)24-15(2)26)28-18-10-8-17(23)9-11-18/h7-14,19H,3-6H2,1-2H3,(H,24,26)(H,25,27)/t14-,19-/m1/s1. The molecule has 0 aliphatic heterocycles. The van der Waals surface area contributed by atoms with Crippen LogP contribution in [0.2, 0.25) is 0 Å². The highest BCUT2D eigenvalue weighted by Gasteiger charge is 2.23.